The summed E-state index contributed by atoms with van der Waals surface area (Å²) in [5.41, 5.74) is 2.18. The number of para-hydroxylation sites is 1. The molecule has 116 valence electrons. The number of hydrogen-bond acceptors (Lipinski definition) is 5. The molecule has 0 spiro atoms. The number of methoxy groups -OCH3 is 2. The molecule has 6 nitrogen and oxygen atoms in total. The Morgan fingerprint density at radius 1 is 1.09 bits per heavy atom. The van der Waals surface area contributed by atoms with E-state index in [0.29, 0.717) is 22.5 Å². The van der Waals surface area contributed by atoms with Gasteiger partial charge < -0.3 is 9.47 Å². The van der Waals surface area contributed by atoms with E-state index in [4.69, 9.17) is 9.47 Å². The zero-order valence-corrected chi connectivity index (χ0v) is 12.8. The third kappa shape index (κ3) is 2.91. The summed E-state index contributed by atoms with van der Waals surface area (Å²) in [6.07, 6.45) is 3.14. The van der Waals surface area contributed by atoms with Gasteiger partial charge in [-0.25, -0.2) is 0 Å². The average molecular weight is 309 g/mol. The molecule has 0 fully saturated rings. The topological polar surface area (TPSA) is 66.2 Å². The highest BCUT2D eigenvalue weighted by Crippen LogP contribution is 2.28. The lowest BCUT2D eigenvalue weighted by atomic mass is 10.2. The minimum Gasteiger partial charge on any atom is -0.493 e. The number of benzene rings is 2. The van der Waals surface area contributed by atoms with E-state index in [9.17, 15) is 4.79 Å². The summed E-state index contributed by atoms with van der Waals surface area (Å²) in [5, 5.41) is 7.86. The van der Waals surface area contributed by atoms with Crippen LogP contribution in [0.3, 0.4) is 0 Å². The molecule has 3 aromatic rings. The second-order valence-electron chi connectivity index (χ2n) is 4.78. The van der Waals surface area contributed by atoms with Crippen molar-refractivity contribution in [2.24, 2.45) is 0 Å². The fraction of sp³-hybridized carbons (Fsp3) is 0.118. The molecule has 0 unspecified atom stereocenters. The lowest BCUT2D eigenvalue weighted by Gasteiger charge is -2.07. The molecule has 6 heteroatoms. The maximum atomic E-state index is 12.3. The smallest absolute Gasteiger partial charge is 0.272 e. The minimum atomic E-state index is -0.270. The molecule has 1 aromatic heterocycles. The highest BCUT2D eigenvalue weighted by Gasteiger charge is 2.09. The van der Waals surface area contributed by atoms with Gasteiger partial charge in [-0.2, -0.15) is 4.68 Å². The lowest BCUT2D eigenvalue weighted by Crippen LogP contribution is -2.08. The number of allylic oxidation sites excluding steroid dienone is 1. The van der Waals surface area contributed by atoms with Crippen LogP contribution in [0.25, 0.3) is 17.1 Å². The quantitative estimate of drug-likeness (QED) is 0.693. The summed E-state index contributed by atoms with van der Waals surface area (Å²) in [5.74, 6) is 0.972. The van der Waals surface area contributed by atoms with Crippen molar-refractivity contribution in [1.82, 2.24) is 15.0 Å². The number of ether oxygens (including phenoxy) is 2. The molecule has 0 N–H and O–H groups in total. The molecule has 0 saturated carbocycles. The predicted molar refractivity (Wildman–Crippen MR) is 86.7 cm³/mol. The fourth-order valence-corrected chi connectivity index (χ4v) is 2.23. The Kier molecular flexibility index (Phi) is 4.05. The van der Waals surface area contributed by atoms with Crippen LogP contribution in [0.2, 0.25) is 0 Å². The van der Waals surface area contributed by atoms with Crippen molar-refractivity contribution in [3.8, 4) is 11.5 Å². The largest absolute Gasteiger partial charge is 0.493 e. The Morgan fingerprint density at radius 2 is 1.87 bits per heavy atom. The van der Waals surface area contributed by atoms with Crippen LogP contribution in [-0.4, -0.2) is 35.1 Å². The van der Waals surface area contributed by atoms with Gasteiger partial charge in [0.05, 0.1) is 19.7 Å². The fourth-order valence-electron chi connectivity index (χ4n) is 2.23. The number of fused-ring (bicyclic) bond motifs is 1. The van der Waals surface area contributed by atoms with Crippen molar-refractivity contribution in [3.05, 3.63) is 54.1 Å². The number of rotatable bonds is 4. The van der Waals surface area contributed by atoms with Gasteiger partial charge in [0.2, 0.25) is 0 Å². The number of hydrogen-bond donors (Lipinski definition) is 0. The van der Waals surface area contributed by atoms with Gasteiger partial charge in [0.25, 0.3) is 5.91 Å². The second kappa shape index (κ2) is 6.31. The molecule has 3 rings (SSSR count). The van der Waals surface area contributed by atoms with Crippen molar-refractivity contribution in [2.75, 3.05) is 14.2 Å². The van der Waals surface area contributed by atoms with Gasteiger partial charge in [0.15, 0.2) is 11.5 Å². The van der Waals surface area contributed by atoms with E-state index < -0.39 is 0 Å². The van der Waals surface area contributed by atoms with E-state index in [0.717, 1.165) is 5.56 Å². The predicted octanol–water partition coefficient (Wildman–Crippen LogP) is 2.80. The van der Waals surface area contributed by atoms with Crippen molar-refractivity contribution in [3.63, 3.8) is 0 Å². The standard InChI is InChI=1S/C17H15N3O3/c1-22-15-9-7-12(11-16(15)23-2)8-10-17(21)20-14-6-4-3-5-13(14)18-19-20/h3-11H,1-2H3. The zero-order chi connectivity index (χ0) is 16.2. The van der Waals surface area contributed by atoms with Crippen LogP contribution in [0.15, 0.2) is 48.5 Å². The molecule has 0 saturated heterocycles. The molecule has 23 heavy (non-hydrogen) atoms. The van der Waals surface area contributed by atoms with Crippen LogP contribution in [0.4, 0.5) is 0 Å². The Hall–Kier alpha value is -3.15. The van der Waals surface area contributed by atoms with Gasteiger partial charge >= 0.3 is 0 Å². The first-order chi connectivity index (χ1) is 11.2. The first-order valence-corrected chi connectivity index (χ1v) is 6.98. The normalized spacial score (nSPS) is 11.0. The van der Waals surface area contributed by atoms with Crippen LogP contribution >= 0.6 is 0 Å². The summed E-state index contributed by atoms with van der Waals surface area (Å²) in [6.45, 7) is 0. The van der Waals surface area contributed by atoms with Crippen molar-refractivity contribution in [1.29, 1.82) is 0 Å². The van der Waals surface area contributed by atoms with Gasteiger partial charge in [0, 0.05) is 6.08 Å². The van der Waals surface area contributed by atoms with Crippen LogP contribution < -0.4 is 9.47 Å². The molecule has 0 radical (unpaired) electrons. The number of aromatic nitrogens is 3. The number of nitrogens with zero attached hydrogens (tertiary/aromatic N) is 3. The first kappa shape index (κ1) is 14.8. The van der Waals surface area contributed by atoms with E-state index >= 15 is 0 Å². The molecule has 0 bridgehead atoms. The van der Waals surface area contributed by atoms with Gasteiger partial charge in [-0.05, 0) is 35.9 Å². The summed E-state index contributed by atoms with van der Waals surface area (Å²) >= 11 is 0. The lowest BCUT2D eigenvalue weighted by molar-refractivity contribution is 0.0958. The summed E-state index contributed by atoms with van der Waals surface area (Å²) < 4.78 is 11.7. The molecule has 0 aliphatic heterocycles. The van der Waals surface area contributed by atoms with Crippen LogP contribution in [0, 0.1) is 0 Å². The SMILES string of the molecule is COc1ccc(C=CC(=O)n2nnc3ccccc32)cc1OC. The maximum absolute atomic E-state index is 12.3. The highest BCUT2D eigenvalue weighted by molar-refractivity contribution is 5.98. The molecule has 0 atom stereocenters. The van der Waals surface area contributed by atoms with Crippen LogP contribution in [0.5, 0.6) is 11.5 Å². The number of carbonyl (C=O) groups is 1. The Bertz CT molecular complexity index is 884. The van der Waals surface area contributed by atoms with E-state index in [1.54, 1.807) is 38.5 Å². The third-order valence-corrected chi connectivity index (χ3v) is 3.39. The Balaban J connectivity index is 1.86. The third-order valence-electron chi connectivity index (χ3n) is 3.39. The van der Waals surface area contributed by atoms with E-state index in [1.807, 2.05) is 24.3 Å². The summed E-state index contributed by atoms with van der Waals surface area (Å²) in [6, 6.07) is 12.7. The molecule has 1 heterocycles. The van der Waals surface area contributed by atoms with E-state index in [1.165, 1.54) is 10.8 Å². The second-order valence-corrected chi connectivity index (χ2v) is 4.78. The maximum Gasteiger partial charge on any atom is 0.272 e. The zero-order valence-electron chi connectivity index (χ0n) is 12.8. The molecule has 0 aliphatic rings. The summed E-state index contributed by atoms with van der Waals surface area (Å²) in [4.78, 5) is 12.3. The van der Waals surface area contributed by atoms with Gasteiger partial charge in [-0.15, -0.1) is 5.10 Å². The number of carbonyl (C=O) groups excluding carboxylic acids is 1. The molecular formula is C17H15N3O3. The van der Waals surface area contributed by atoms with Gasteiger partial charge in [-0.3, -0.25) is 4.79 Å². The van der Waals surface area contributed by atoms with E-state index in [2.05, 4.69) is 10.3 Å². The monoisotopic (exact) mass is 309 g/mol. The molecular weight excluding hydrogens is 294 g/mol. The summed E-state index contributed by atoms with van der Waals surface area (Å²) in [7, 11) is 3.14. The van der Waals surface area contributed by atoms with Gasteiger partial charge in [0.1, 0.15) is 5.52 Å². The van der Waals surface area contributed by atoms with Crippen LogP contribution in [-0.2, 0) is 0 Å². The van der Waals surface area contributed by atoms with Crippen molar-refractivity contribution >= 4 is 23.0 Å². The average Bonchev–Trinajstić information content (AvgIpc) is 3.03. The highest BCUT2D eigenvalue weighted by atomic mass is 16.5. The molecule has 0 aliphatic carbocycles. The minimum absolute atomic E-state index is 0.270. The van der Waals surface area contributed by atoms with Gasteiger partial charge in [-0.1, -0.05) is 23.4 Å². The first-order valence-electron chi connectivity index (χ1n) is 6.98. The van der Waals surface area contributed by atoms with Crippen molar-refractivity contribution < 1.29 is 14.3 Å². The van der Waals surface area contributed by atoms with E-state index in [-0.39, 0.29) is 5.91 Å². The van der Waals surface area contributed by atoms with Crippen molar-refractivity contribution in [2.45, 2.75) is 0 Å². The molecule has 0 amide bonds. The molecule has 2 aromatic carbocycles. The Morgan fingerprint density at radius 3 is 2.65 bits per heavy atom. The Labute approximate surface area is 132 Å². The van der Waals surface area contributed by atoms with Crippen LogP contribution in [0.1, 0.15) is 10.4 Å².